The molecule has 1 fully saturated rings. The number of benzene rings is 2. The van der Waals surface area contributed by atoms with E-state index in [1.807, 2.05) is 41.1 Å². The molecule has 2 aromatic carbocycles. The van der Waals surface area contributed by atoms with Crippen molar-refractivity contribution < 1.29 is 18.7 Å². The quantitative estimate of drug-likeness (QED) is 0.363. The molecule has 0 saturated carbocycles. The Morgan fingerprint density at radius 2 is 1.87 bits per heavy atom. The van der Waals surface area contributed by atoms with E-state index in [4.69, 9.17) is 21.7 Å². The van der Waals surface area contributed by atoms with Crippen molar-refractivity contribution in [2.24, 2.45) is 0 Å². The number of nitrogens with zero attached hydrogens (tertiary/aromatic N) is 2. The summed E-state index contributed by atoms with van der Waals surface area (Å²) in [5.41, 5.74) is 1.94. The number of para-hydroxylation sites is 2. The van der Waals surface area contributed by atoms with Gasteiger partial charge in [-0.3, -0.25) is 9.69 Å². The summed E-state index contributed by atoms with van der Waals surface area (Å²) in [5.74, 6) is -0.248. The van der Waals surface area contributed by atoms with Crippen LogP contribution in [0.3, 0.4) is 0 Å². The number of carbonyl (C=O) groups is 1. The smallest absolute Gasteiger partial charge is 0.266 e. The molecule has 0 aliphatic carbocycles. The Morgan fingerprint density at radius 1 is 1.10 bits per heavy atom. The second-order valence-corrected chi connectivity index (χ2v) is 8.58. The van der Waals surface area contributed by atoms with Gasteiger partial charge >= 0.3 is 0 Å². The number of amides is 1. The van der Waals surface area contributed by atoms with E-state index in [-0.39, 0.29) is 17.5 Å². The predicted octanol–water partition coefficient (Wildman–Crippen LogP) is 4.71. The molecule has 0 unspecified atom stereocenters. The number of thiocarbonyl (C=S) groups is 1. The van der Waals surface area contributed by atoms with Crippen LogP contribution in [0.15, 0.2) is 59.6 Å². The third kappa shape index (κ3) is 4.66. The molecule has 0 atom stereocenters. The summed E-state index contributed by atoms with van der Waals surface area (Å²) in [4.78, 5) is 14.9. The van der Waals surface area contributed by atoms with Crippen LogP contribution in [0.2, 0.25) is 0 Å². The largest absolute Gasteiger partial charge is 0.489 e. The Bertz CT molecular complexity index is 1160. The molecule has 0 N–H and O–H groups in total. The SMILES string of the molecule is COCCN1C(=O)/C(=C/c2cn(CCOc3ccccc3F)c3ccccc23)SC1=S. The Hall–Kier alpha value is -2.68. The maximum Gasteiger partial charge on any atom is 0.266 e. The van der Waals surface area contributed by atoms with E-state index in [0.717, 1.165) is 16.5 Å². The molecule has 1 saturated heterocycles. The number of methoxy groups -OCH3 is 1. The molecule has 0 radical (unpaired) electrons. The molecule has 5 nitrogen and oxygen atoms in total. The van der Waals surface area contributed by atoms with Crippen molar-refractivity contribution in [2.75, 3.05) is 26.9 Å². The van der Waals surface area contributed by atoms with Crippen LogP contribution in [0.4, 0.5) is 4.39 Å². The van der Waals surface area contributed by atoms with Crippen LogP contribution in [-0.2, 0) is 16.1 Å². The maximum atomic E-state index is 13.8. The molecule has 8 heteroatoms. The van der Waals surface area contributed by atoms with Crippen molar-refractivity contribution in [1.29, 1.82) is 0 Å². The molecule has 2 heterocycles. The van der Waals surface area contributed by atoms with Crippen molar-refractivity contribution in [3.8, 4) is 5.75 Å². The van der Waals surface area contributed by atoms with E-state index in [1.165, 1.54) is 17.8 Å². The van der Waals surface area contributed by atoms with E-state index in [1.54, 1.807) is 30.2 Å². The minimum absolute atomic E-state index is 0.105. The average molecular weight is 457 g/mol. The normalized spacial score (nSPS) is 15.4. The second-order valence-electron chi connectivity index (χ2n) is 6.90. The molecule has 1 amide bonds. The van der Waals surface area contributed by atoms with Gasteiger partial charge in [0.05, 0.1) is 24.6 Å². The lowest BCUT2D eigenvalue weighted by atomic mass is 10.1. The molecule has 0 bridgehead atoms. The summed E-state index contributed by atoms with van der Waals surface area (Å²) < 4.78 is 27.0. The lowest BCUT2D eigenvalue weighted by Gasteiger charge is -2.12. The van der Waals surface area contributed by atoms with Crippen molar-refractivity contribution in [1.82, 2.24) is 9.47 Å². The first-order chi connectivity index (χ1) is 15.1. The molecule has 3 aromatic rings. The minimum Gasteiger partial charge on any atom is -0.489 e. The molecular weight excluding hydrogens is 435 g/mol. The highest BCUT2D eigenvalue weighted by molar-refractivity contribution is 8.26. The molecule has 4 rings (SSSR count). The van der Waals surface area contributed by atoms with E-state index in [9.17, 15) is 9.18 Å². The van der Waals surface area contributed by atoms with Gasteiger partial charge in [-0.15, -0.1) is 0 Å². The predicted molar refractivity (Wildman–Crippen MR) is 126 cm³/mol. The molecule has 0 spiro atoms. The number of rotatable bonds is 8. The highest BCUT2D eigenvalue weighted by Gasteiger charge is 2.31. The fraction of sp³-hybridized carbons (Fsp3) is 0.217. The van der Waals surface area contributed by atoms with Crippen molar-refractivity contribution in [3.63, 3.8) is 0 Å². The van der Waals surface area contributed by atoms with Crippen LogP contribution in [0.5, 0.6) is 5.75 Å². The molecule has 1 aliphatic rings. The number of fused-ring (bicyclic) bond motifs is 1. The van der Waals surface area contributed by atoms with Crippen molar-refractivity contribution in [2.45, 2.75) is 6.54 Å². The monoisotopic (exact) mass is 456 g/mol. The first-order valence-electron chi connectivity index (χ1n) is 9.78. The Labute approximate surface area is 189 Å². The van der Waals surface area contributed by atoms with Gasteiger partial charge in [0, 0.05) is 29.8 Å². The van der Waals surface area contributed by atoms with Crippen LogP contribution in [0, 0.1) is 5.82 Å². The van der Waals surface area contributed by atoms with Gasteiger partial charge < -0.3 is 14.0 Å². The third-order valence-electron chi connectivity index (χ3n) is 4.93. The first kappa shape index (κ1) is 21.5. The molecule has 1 aromatic heterocycles. The van der Waals surface area contributed by atoms with Crippen molar-refractivity contribution in [3.05, 3.63) is 71.0 Å². The van der Waals surface area contributed by atoms with Crippen LogP contribution < -0.4 is 4.74 Å². The number of thioether (sulfide) groups is 1. The maximum absolute atomic E-state index is 13.8. The summed E-state index contributed by atoms with van der Waals surface area (Å²) in [5, 5.41) is 1.02. The summed E-state index contributed by atoms with van der Waals surface area (Å²) in [6.45, 7) is 1.73. The van der Waals surface area contributed by atoms with Gasteiger partial charge in [-0.05, 0) is 24.3 Å². The number of hydrogen-bond donors (Lipinski definition) is 0. The van der Waals surface area contributed by atoms with Gasteiger partial charge in [0.25, 0.3) is 5.91 Å². The first-order valence-corrected chi connectivity index (χ1v) is 11.0. The second kappa shape index (κ2) is 9.64. The Morgan fingerprint density at radius 3 is 2.68 bits per heavy atom. The fourth-order valence-corrected chi connectivity index (χ4v) is 4.71. The number of hydrogen-bond acceptors (Lipinski definition) is 5. The number of carbonyl (C=O) groups excluding carboxylic acids is 1. The lowest BCUT2D eigenvalue weighted by molar-refractivity contribution is -0.122. The number of halogens is 1. The molecule has 160 valence electrons. The highest BCUT2D eigenvalue weighted by atomic mass is 32.2. The van der Waals surface area contributed by atoms with Gasteiger partial charge in [0.15, 0.2) is 11.6 Å². The summed E-state index contributed by atoms with van der Waals surface area (Å²) in [6, 6.07) is 14.3. The van der Waals surface area contributed by atoms with Gasteiger partial charge in [0.2, 0.25) is 0 Å². The van der Waals surface area contributed by atoms with Crippen LogP contribution >= 0.6 is 24.0 Å². The van der Waals surface area contributed by atoms with Crippen molar-refractivity contribution >= 4 is 51.2 Å². The molecule has 1 aliphatic heterocycles. The number of aromatic nitrogens is 1. The van der Waals surface area contributed by atoms with Crippen LogP contribution in [-0.4, -0.2) is 46.6 Å². The summed E-state index contributed by atoms with van der Waals surface area (Å²) in [6.07, 6.45) is 3.86. The van der Waals surface area contributed by atoms with Gasteiger partial charge in [-0.25, -0.2) is 4.39 Å². The Balaban J connectivity index is 1.56. The molecular formula is C23H21FN2O3S2. The standard InChI is InChI=1S/C23H21FN2O3S2/c1-28-12-11-26-22(27)21(31-23(26)30)14-16-15-25(19-8-4-2-6-17(16)19)10-13-29-20-9-5-3-7-18(20)24/h2-9,14-15H,10-13H2,1H3/b21-14-. The number of ether oxygens (including phenoxy) is 2. The topological polar surface area (TPSA) is 43.7 Å². The average Bonchev–Trinajstić information content (AvgIpc) is 3.25. The highest BCUT2D eigenvalue weighted by Crippen LogP contribution is 2.34. The zero-order valence-corrected chi connectivity index (χ0v) is 18.5. The van der Waals surface area contributed by atoms with Gasteiger partial charge in [0.1, 0.15) is 10.9 Å². The van der Waals surface area contributed by atoms with E-state index in [2.05, 4.69) is 0 Å². The summed E-state index contributed by atoms with van der Waals surface area (Å²) >= 11 is 6.66. The van der Waals surface area contributed by atoms with Crippen LogP contribution in [0.1, 0.15) is 5.56 Å². The van der Waals surface area contributed by atoms with E-state index >= 15 is 0 Å². The van der Waals surface area contributed by atoms with Gasteiger partial charge in [-0.2, -0.15) is 0 Å². The van der Waals surface area contributed by atoms with E-state index in [0.29, 0.717) is 35.5 Å². The summed E-state index contributed by atoms with van der Waals surface area (Å²) in [7, 11) is 1.60. The lowest BCUT2D eigenvalue weighted by Crippen LogP contribution is -2.31. The van der Waals surface area contributed by atoms with E-state index < -0.39 is 0 Å². The molecule has 31 heavy (non-hydrogen) atoms. The Kier molecular flexibility index (Phi) is 6.70. The van der Waals surface area contributed by atoms with Gasteiger partial charge in [-0.1, -0.05) is 54.3 Å². The third-order valence-corrected chi connectivity index (χ3v) is 6.30. The zero-order valence-electron chi connectivity index (χ0n) is 16.9. The fourth-order valence-electron chi connectivity index (χ4n) is 3.41. The van der Waals surface area contributed by atoms with Crippen LogP contribution in [0.25, 0.3) is 17.0 Å². The zero-order chi connectivity index (χ0) is 21.8. The minimum atomic E-state index is -0.379.